The lowest BCUT2D eigenvalue weighted by Gasteiger charge is -2.33. The van der Waals surface area contributed by atoms with Crippen LogP contribution in [-0.4, -0.2) is 46.2 Å². The number of carbonyl (C=O) groups is 1. The van der Waals surface area contributed by atoms with Crippen LogP contribution in [0.2, 0.25) is 0 Å². The van der Waals surface area contributed by atoms with E-state index in [1.165, 1.54) is 17.0 Å². The fourth-order valence-corrected chi connectivity index (χ4v) is 3.28. The van der Waals surface area contributed by atoms with Gasteiger partial charge in [0, 0.05) is 6.08 Å². The molecule has 0 saturated carbocycles. The highest BCUT2D eigenvalue weighted by Gasteiger charge is 2.32. The largest absolute Gasteiger partial charge is 0.497 e. The van der Waals surface area contributed by atoms with E-state index in [0.717, 1.165) is 30.8 Å². The number of alkyl halides is 3. The van der Waals surface area contributed by atoms with E-state index in [0.29, 0.717) is 24.5 Å². The second kappa shape index (κ2) is 9.21. The van der Waals surface area contributed by atoms with E-state index in [4.69, 9.17) is 4.74 Å². The van der Waals surface area contributed by atoms with Gasteiger partial charge in [-0.1, -0.05) is 12.1 Å². The van der Waals surface area contributed by atoms with Crippen LogP contribution in [0.1, 0.15) is 11.1 Å². The van der Waals surface area contributed by atoms with Crippen LogP contribution >= 0.6 is 0 Å². The summed E-state index contributed by atoms with van der Waals surface area (Å²) in [5, 5.41) is 2.63. The maximum absolute atomic E-state index is 13.2. The zero-order valence-corrected chi connectivity index (χ0v) is 16.9. The molecule has 0 aliphatic carbocycles. The summed E-state index contributed by atoms with van der Waals surface area (Å²) >= 11 is 0. The van der Waals surface area contributed by atoms with Crippen molar-refractivity contribution >= 4 is 23.4 Å². The number of hydrogen-bond acceptors (Lipinski definition) is 3. The number of halogens is 3. The third-order valence-corrected chi connectivity index (χ3v) is 5.08. The van der Waals surface area contributed by atoms with Gasteiger partial charge < -0.3 is 19.9 Å². The Hall–Kier alpha value is -3.00. The summed E-state index contributed by atoms with van der Waals surface area (Å²) in [5.74, 6) is 0.199. The van der Waals surface area contributed by atoms with Crippen molar-refractivity contribution in [3.05, 3.63) is 59.7 Å². The van der Waals surface area contributed by atoms with Crippen LogP contribution in [0.5, 0.6) is 5.75 Å². The predicted molar refractivity (Wildman–Crippen MR) is 111 cm³/mol. The van der Waals surface area contributed by atoms with E-state index in [2.05, 4.69) is 12.4 Å². The molecule has 1 saturated heterocycles. The number of quaternary nitrogens is 1. The number of methoxy groups -OCH3 is 1. The summed E-state index contributed by atoms with van der Waals surface area (Å²) in [7, 11) is 3.64. The van der Waals surface area contributed by atoms with Crippen molar-refractivity contribution in [3.8, 4) is 5.75 Å². The van der Waals surface area contributed by atoms with Gasteiger partial charge in [-0.15, -0.1) is 0 Å². The van der Waals surface area contributed by atoms with Gasteiger partial charge in [-0.2, -0.15) is 13.2 Å². The molecule has 1 aliphatic heterocycles. The Bertz CT molecular complexity index is 903. The summed E-state index contributed by atoms with van der Waals surface area (Å²) < 4.78 is 44.7. The summed E-state index contributed by atoms with van der Waals surface area (Å²) in [4.78, 5) is 15.8. The summed E-state index contributed by atoms with van der Waals surface area (Å²) in [6, 6.07) is 10.6. The van der Waals surface area contributed by atoms with Gasteiger partial charge in [0.1, 0.15) is 5.75 Å². The van der Waals surface area contributed by atoms with Crippen LogP contribution in [-0.2, 0) is 11.0 Å². The lowest BCUT2D eigenvalue weighted by molar-refractivity contribution is -0.880. The first kappa shape index (κ1) is 21.7. The lowest BCUT2D eigenvalue weighted by Crippen LogP contribution is -3.12. The molecule has 0 bridgehead atoms. The molecular weight excluding hydrogens is 395 g/mol. The molecule has 0 radical (unpaired) electrons. The van der Waals surface area contributed by atoms with Gasteiger partial charge in [-0.25, -0.2) is 0 Å². The van der Waals surface area contributed by atoms with E-state index in [1.807, 2.05) is 4.90 Å². The Kier molecular flexibility index (Phi) is 6.66. The second-order valence-corrected chi connectivity index (χ2v) is 7.27. The van der Waals surface area contributed by atoms with E-state index < -0.39 is 17.6 Å². The zero-order chi connectivity index (χ0) is 21.7. The van der Waals surface area contributed by atoms with Crippen molar-refractivity contribution in [2.24, 2.45) is 0 Å². The smallest absolute Gasteiger partial charge is 0.416 e. The van der Waals surface area contributed by atoms with Gasteiger partial charge >= 0.3 is 6.18 Å². The van der Waals surface area contributed by atoms with Crippen LogP contribution in [0.4, 0.5) is 24.5 Å². The first-order valence-electron chi connectivity index (χ1n) is 9.67. The molecule has 1 aliphatic rings. The Morgan fingerprint density at radius 2 is 1.80 bits per heavy atom. The third kappa shape index (κ3) is 5.54. The van der Waals surface area contributed by atoms with Crippen molar-refractivity contribution < 1.29 is 27.6 Å². The molecule has 2 aromatic rings. The predicted octanol–water partition coefficient (Wildman–Crippen LogP) is 2.70. The summed E-state index contributed by atoms with van der Waals surface area (Å²) in [5.41, 5.74) is 0.744. The van der Waals surface area contributed by atoms with Crippen molar-refractivity contribution in [2.45, 2.75) is 6.18 Å². The number of nitrogens with one attached hydrogen (secondary N) is 2. The minimum Gasteiger partial charge on any atom is -0.497 e. The van der Waals surface area contributed by atoms with E-state index in [-0.39, 0.29) is 5.69 Å². The van der Waals surface area contributed by atoms with Crippen molar-refractivity contribution in [1.29, 1.82) is 0 Å². The molecule has 160 valence electrons. The number of carbonyl (C=O) groups excluding carboxylic acids is 1. The zero-order valence-electron chi connectivity index (χ0n) is 16.9. The highest BCUT2D eigenvalue weighted by Crippen LogP contribution is 2.35. The Labute approximate surface area is 173 Å². The molecule has 0 atom stereocenters. The molecule has 30 heavy (non-hydrogen) atoms. The third-order valence-electron chi connectivity index (χ3n) is 5.08. The average molecular weight is 420 g/mol. The second-order valence-electron chi connectivity index (χ2n) is 7.27. The molecule has 1 heterocycles. The maximum Gasteiger partial charge on any atom is 0.416 e. The normalized spacial score (nSPS) is 15.4. The van der Waals surface area contributed by atoms with E-state index in [1.54, 1.807) is 37.5 Å². The van der Waals surface area contributed by atoms with Gasteiger partial charge in [0.05, 0.1) is 57.3 Å². The molecule has 1 fully saturated rings. The number of benzene rings is 2. The standard InChI is InChI=1S/C22H24F3N3O2/c1-27-11-13-28(14-12-27)20-9-6-17(22(23,24)25)15-19(20)26-21(29)10-5-16-3-7-18(30-2)8-4-16/h3-10,15H,11-14H2,1-2H3,(H,26,29)/p+1/b10-5-. The number of likely N-dealkylation sites (N-methyl/N-ethyl adjacent to an activating group) is 1. The quantitative estimate of drug-likeness (QED) is 0.732. The maximum atomic E-state index is 13.2. The molecule has 3 rings (SSSR count). The molecule has 2 aromatic carbocycles. The van der Waals surface area contributed by atoms with Crippen LogP contribution in [0, 0.1) is 0 Å². The highest BCUT2D eigenvalue weighted by atomic mass is 19.4. The summed E-state index contributed by atoms with van der Waals surface area (Å²) in [6.45, 7) is 3.18. The Morgan fingerprint density at radius 1 is 1.13 bits per heavy atom. The minimum atomic E-state index is -4.48. The SMILES string of the molecule is COc1ccc(/C=C\C(=O)Nc2cc(C(F)(F)F)ccc2N2CC[NH+](C)CC2)cc1. The molecule has 5 nitrogen and oxygen atoms in total. The number of amides is 1. The number of piperazine rings is 1. The molecule has 0 aromatic heterocycles. The first-order valence-corrected chi connectivity index (χ1v) is 9.67. The topological polar surface area (TPSA) is 46.0 Å². The molecule has 8 heteroatoms. The summed E-state index contributed by atoms with van der Waals surface area (Å²) in [6.07, 6.45) is -1.58. The number of nitrogens with zero attached hydrogens (tertiary/aromatic N) is 1. The number of hydrogen-bond donors (Lipinski definition) is 2. The Morgan fingerprint density at radius 3 is 2.40 bits per heavy atom. The highest BCUT2D eigenvalue weighted by molar-refractivity contribution is 6.04. The van der Waals surface area contributed by atoms with Gasteiger partial charge in [0.15, 0.2) is 0 Å². The fraction of sp³-hybridized carbons (Fsp3) is 0.318. The van der Waals surface area contributed by atoms with Gasteiger partial charge in [0.25, 0.3) is 0 Å². The average Bonchev–Trinajstić information content (AvgIpc) is 2.72. The van der Waals surface area contributed by atoms with Crippen molar-refractivity contribution in [3.63, 3.8) is 0 Å². The monoisotopic (exact) mass is 420 g/mol. The van der Waals surface area contributed by atoms with Gasteiger partial charge in [-0.05, 0) is 42.0 Å². The van der Waals surface area contributed by atoms with Crippen LogP contribution in [0.25, 0.3) is 6.08 Å². The van der Waals surface area contributed by atoms with Crippen molar-refractivity contribution in [1.82, 2.24) is 0 Å². The number of rotatable bonds is 5. The molecule has 0 spiro atoms. The minimum absolute atomic E-state index is 0.161. The molecule has 1 amide bonds. The number of anilines is 2. The Balaban J connectivity index is 1.80. The van der Waals surface area contributed by atoms with E-state index >= 15 is 0 Å². The van der Waals surface area contributed by atoms with Crippen molar-refractivity contribution in [2.75, 3.05) is 50.6 Å². The molecular formula is C22H25F3N3O2+. The van der Waals surface area contributed by atoms with Crippen LogP contribution < -0.4 is 19.9 Å². The first-order chi connectivity index (χ1) is 14.3. The number of ether oxygens (including phenoxy) is 1. The lowest BCUT2D eigenvalue weighted by atomic mass is 10.1. The van der Waals surface area contributed by atoms with Gasteiger partial charge in [0.2, 0.25) is 5.91 Å². The molecule has 0 unspecified atom stereocenters. The van der Waals surface area contributed by atoms with E-state index in [9.17, 15) is 18.0 Å². The molecule has 2 N–H and O–H groups in total. The van der Waals surface area contributed by atoms with Gasteiger partial charge in [-0.3, -0.25) is 4.79 Å². The fourth-order valence-electron chi connectivity index (χ4n) is 3.28. The van der Waals surface area contributed by atoms with Crippen LogP contribution in [0.3, 0.4) is 0 Å². The van der Waals surface area contributed by atoms with Crippen LogP contribution in [0.15, 0.2) is 48.5 Å².